The molecule has 22 heteroatoms. The van der Waals surface area contributed by atoms with E-state index < -0.39 is 115 Å². The number of amides is 6. The summed E-state index contributed by atoms with van der Waals surface area (Å²) in [5.41, 5.74) is 12.2. The highest BCUT2D eigenvalue weighted by Crippen LogP contribution is 2.10. The van der Waals surface area contributed by atoms with Gasteiger partial charge in [0.1, 0.15) is 42.3 Å². The highest BCUT2D eigenvalue weighted by molar-refractivity contribution is 5.98. The average Bonchev–Trinajstić information content (AvgIpc) is 3.70. The van der Waals surface area contributed by atoms with Gasteiger partial charge in [0.15, 0.2) is 0 Å². The second kappa shape index (κ2) is 24.7. The van der Waals surface area contributed by atoms with Crippen LogP contribution in [0.5, 0.6) is 0 Å². The number of H-pyrrole nitrogens is 1. The molecule has 0 fully saturated rings. The summed E-state index contributed by atoms with van der Waals surface area (Å²) >= 11 is 0. The fourth-order valence-corrected chi connectivity index (χ4v) is 5.57. The van der Waals surface area contributed by atoms with Gasteiger partial charge < -0.3 is 68.8 Å². The summed E-state index contributed by atoms with van der Waals surface area (Å²) in [6.07, 6.45) is 1.05. The van der Waals surface area contributed by atoms with Crippen molar-refractivity contribution in [2.45, 2.75) is 108 Å². The zero-order chi connectivity index (χ0) is 44.2. The van der Waals surface area contributed by atoms with Gasteiger partial charge in [-0.1, -0.05) is 44.2 Å². The van der Waals surface area contributed by atoms with Gasteiger partial charge in [-0.05, 0) is 44.2 Å². The van der Waals surface area contributed by atoms with E-state index in [0.29, 0.717) is 24.1 Å². The van der Waals surface area contributed by atoms with E-state index in [4.69, 9.17) is 11.5 Å². The Morgan fingerprint density at radius 2 is 1.25 bits per heavy atom. The van der Waals surface area contributed by atoms with E-state index in [1.807, 2.05) is 0 Å². The van der Waals surface area contributed by atoms with E-state index in [2.05, 4.69) is 41.9 Å². The lowest BCUT2D eigenvalue weighted by Gasteiger charge is -2.28. The van der Waals surface area contributed by atoms with Crippen LogP contribution in [0.3, 0.4) is 0 Å². The fourth-order valence-electron chi connectivity index (χ4n) is 5.57. The molecule has 59 heavy (non-hydrogen) atoms. The highest BCUT2D eigenvalue weighted by Gasteiger charge is 2.35. The second-order valence-electron chi connectivity index (χ2n) is 14.2. The number of nitrogens with one attached hydrogen (secondary N) is 7. The lowest BCUT2D eigenvalue weighted by molar-refractivity contribution is -0.143. The third kappa shape index (κ3) is 16.8. The Morgan fingerprint density at radius 3 is 1.78 bits per heavy atom. The summed E-state index contributed by atoms with van der Waals surface area (Å²) in [5.74, 6) is -9.25. The minimum atomic E-state index is -1.71. The van der Waals surface area contributed by atoms with Crippen LogP contribution in [0.4, 0.5) is 0 Å². The zero-order valence-electron chi connectivity index (χ0n) is 33.1. The van der Waals surface area contributed by atoms with Crippen molar-refractivity contribution in [2.75, 3.05) is 13.2 Å². The Morgan fingerprint density at radius 1 is 0.712 bits per heavy atom. The number of rotatable bonds is 26. The molecule has 326 valence electrons. The fraction of sp³-hybridized carbons (Fsp3) is 0.541. The summed E-state index contributed by atoms with van der Waals surface area (Å²) in [5, 5.41) is 52.5. The summed E-state index contributed by atoms with van der Waals surface area (Å²) in [4.78, 5) is 111. The molecular weight excluding hydrogens is 776 g/mol. The number of benzene rings is 1. The van der Waals surface area contributed by atoms with Gasteiger partial charge in [0.05, 0.1) is 31.2 Å². The summed E-state index contributed by atoms with van der Waals surface area (Å²) < 4.78 is 0. The first-order valence-electron chi connectivity index (χ1n) is 18.9. The van der Waals surface area contributed by atoms with Crippen LogP contribution in [0.25, 0.3) is 0 Å². The third-order valence-corrected chi connectivity index (χ3v) is 8.97. The Kier molecular flexibility index (Phi) is 20.6. The number of nitrogens with zero attached hydrogens (tertiary/aromatic N) is 1. The maximum absolute atomic E-state index is 14.0. The Labute approximate surface area is 340 Å². The largest absolute Gasteiger partial charge is 0.481 e. The normalized spacial score (nSPS) is 15.2. The van der Waals surface area contributed by atoms with Crippen molar-refractivity contribution in [3.05, 3.63) is 54.1 Å². The molecule has 0 aliphatic heterocycles. The molecule has 0 aliphatic rings. The number of aromatic amines is 1. The van der Waals surface area contributed by atoms with Gasteiger partial charge in [-0.3, -0.25) is 33.6 Å². The van der Waals surface area contributed by atoms with Crippen LogP contribution < -0.4 is 43.4 Å². The first-order chi connectivity index (χ1) is 27.9. The number of carboxylic acid groups (broad SMARTS) is 2. The molecule has 1 heterocycles. The van der Waals surface area contributed by atoms with Gasteiger partial charge >= 0.3 is 11.9 Å². The third-order valence-electron chi connectivity index (χ3n) is 8.97. The lowest BCUT2D eigenvalue weighted by atomic mass is 10.0. The monoisotopic (exact) mass is 832 g/mol. The highest BCUT2D eigenvalue weighted by atomic mass is 16.4. The molecule has 0 saturated heterocycles. The molecule has 0 saturated carbocycles. The number of aromatic nitrogens is 2. The van der Waals surface area contributed by atoms with Crippen LogP contribution in [-0.2, 0) is 51.2 Å². The molecule has 1 aromatic carbocycles. The molecule has 0 radical (unpaired) electrons. The van der Waals surface area contributed by atoms with Crippen molar-refractivity contribution in [3.63, 3.8) is 0 Å². The summed E-state index contributed by atoms with van der Waals surface area (Å²) in [6, 6.07) is -1.90. The molecule has 0 unspecified atom stereocenters. The van der Waals surface area contributed by atoms with E-state index in [0.717, 1.165) is 0 Å². The number of aliphatic hydroxyl groups is 2. The van der Waals surface area contributed by atoms with E-state index in [1.54, 1.807) is 44.2 Å². The number of carboxylic acids is 2. The standard InChI is InChI=1S/C37H56N10O12/c1-19(2)30(47-34(55)26(15-28(50)51)44-35(56)29(39)20(3)49)36(57)45-25(14-22-16-40-18-41-22)33(54)42-23(11-7-8-12-38)31(52)43-24(13-21-9-5-4-6-10-21)32(53)46-27(17-48)37(58)59/h4-6,9-10,16,18-20,23-27,29-30,48-49H,7-8,11-15,17,38-39H2,1-3H3,(H,40,41)(H,42,54)(H,43,52)(H,44,56)(H,45,57)(H,46,53)(H,47,55)(H,50,51)(H,58,59)/t20-,23+,24+,25+,26+,27+,29+,30+/m1/s1. The summed E-state index contributed by atoms with van der Waals surface area (Å²) in [7, 11) is 0. The van der Waals surface area contributed by atoms with Gasteiger partial charge in [-0.25, -0.2) is 9.78 Å². The number of nitrogens with two attached hydrogens (primary N) is 2. The van der Waals surface area contributed by atoms with Gasteiger partial charge in [-0.2, -0.15) is 0 Å². The maximum Gasteiger partial charge on any atom is 0.328 e. The SMILES string of the molecule is CC(C)[C@H](NC(=O)[C@H](CC(=O)O)NC(=O)[C@@H](N)[C@@H](C)O)C(=O)N[C@@H](Cc1c[nH]cn1)C(=O)N[C@@H](CCCCN)C(=O)N[C@@H](Cc1ccccc1)C(=O)N[C@@H](CO)C(=O)O. The topological polar surface area (TPSA) is 370 Å². The van der Waals surface area contributed by atoms with E-state index >= 15 is 0 Å². The first-order valence-corrected chi connectivity index (χ1v) is 18.9. The minimum Gasteiger partial charge on any atom is -0.481 e. The van der Waals surface area contributed by atoms with Crippen LogP contribution in [0.1, 0.15) is 57.7 Å². The average molecular weight is 833 g/mol. The second-order valence-corrected chi connectivity index (χ2v) is 14.2. The molecule has 6 amide bonds. The quantitative estimate of drug-likeness (QED) is 0.0404. The number of carbonyl (C=O) groups is 8. The molecule has 1 aromatic heterocycles. The van der Waals surface area contributed by atoms with E-state index in [1.165, 1.54) is 19.4 Å². The van der Waals surface area contributed by atoms with Crippen molar-refractivity contribution in [1.82, 2.24) is 41.9 Å². The molecule has 22 nitrogen and oxygen atoms in total. The zero-order valence-corrected chi connectivity index (χ0v) is 33.1. The number of carbonyl (C=O) groups excluding carboxylic acids is 6. The van der Waals surface area contributed by atoms with Crippen molar-refractivity contribution < 1.29 is 58.8 Å². The molecule has 0 aliphatic carbocycles. The summed E-state index contributed by atoms with van der Waals surface area (Å²) in [6.45, 7) is 3.66. The number of hydrogen-bond donors (Lipinski definition) is 13. The molecular formula is C37H56N10O12. The molecule has 0 bridgehead atoms. The molecule has 2 aromatic rings. The Hall–Kier alpha value is -5.97. The number of unbranched alkanes of at least 4 members (excludes halogenated alkanes) is 1. The molecule has 8 atom stereocenters. The molecule has 2 rings (SSSR count). The van der Waals surface area contributed by atoms with E-state index in [9.17, 15) is 58.8 Å². The Balaban J connectivity index is 2.40. The van der Waals surface area contributed by atoms with Crippen LogP contribution in [0.15, 0.2) is 42.9 Å². The van der Waals surface area contributed by atoms with Gasteiger partial charge in [0.25, 0.3) is 0 Å². The smallest absolute Gasteiger partial charge is 0.328 e. The van der Waals surface area contributed by atoms with Crippen molar-refractivity contribution in [1.29, 1.82) is 0 Å². The first kappa shape index (κ1) is 49.2. The van der Waals surface area contributed by atoms with Crippen molar-refractivity contribution >= 4 is 47.4 Å². The number of imidazole rings is 1. The molecule has 0 spiro atoms. The van der Waals surface area contributed by atoms with Crippen LogP contribution >= 0.6 is 0 Å². The van der Waals surface area contributed by atoms with Crippen LogP contribution in [0, 0.1) is 5.92 Å². The van der Waals surface area contributed by atoms with Crippen LogP contribution in [0.2, 0.25) is 0 Å². The predicted octanol–water partition coefficient (Wildman–Crippen LogP) is -3.85. The number of aliphatic hydroxyl groups excluding tert-OH is 2. The maximum atomic E-state index is 14.0. The number of aliphatic carboxylic acids is 2. The van der Waals surface area contributed by atoms with Crippen molar-refractivity contribution in [3.8, 4) is 0 Å². The van der Waals surface area contributed by atoms with Crippen LogP contribution in [-0.4, -0.2) is 139 Å². The van der Waals surface area contributed by atoms with Gasteiger partial charge in [0, 0.05) is 19.0 Å². The lowest BCUT2D eigenvalue weighted by Crippen LogP contribution is -2.61. The van der Waals surface area contributed by atoms with Gasteiger partial charge in [0.2, 0.25) is 35.4 Å². The minimum absolute atomic E-state index is 0.0198. The van der Waals surface area contributed by atoms with E-state index in [-0.39, 0.29) is 25.8 Å². The Bertz CT molecular complexity index is 1710. The number of hydrogen-bond acceptors (Lipinski definition) is 13. The van der Waals surface area contributed by atoms with Gasteiger partial charge in [-0.15, -0.1) is 0 Å². The van der Waals surface area contributed by atoms with Crippen molar-refractivity contribution in [2.24, 2.45) is 17.4 Å². The molecule has 15 N–H and O–H groups in total. The predicted molar refractivity (Wildman–Crippen MR) is 208 cm³/mol.